The molecule has 1 aromatic heterocycles. The molecular formula is C11H9NO2S3. The zero-order valence-corrected chi connectivity index (χ0v) is 11.2. The Morgan fingerprint density at radius 1 is 1.35 bits per heavy atom. The summed E-state index contributed by atoms with van der Waals surface area (Å²) in [5.74, 6) is 0.188. The first-order chi connectivity index (χ1) is 8.12. The van der Waals surface area contributed by atoms with Gasteiger partial charge in [0.2, 0.25) is 0 Å². The van der Waals surface area contributed by atoms with Crippen molar-refractivity contribution in [1.29, 1.82) is 0 Å². The highest BCUT2D eigenvalue weighted by molar-refractivity contribution is 8.03. The number of rotatable bonds is 2. The lowest BCUT2D eigenvalue weighted by atomic mass is 10.3. The maximum atomic E-state index is 11.3. The smallest absolute Gasteiger partial charge is 0.172 e. The number of thioether (sulfide) groups is 1. The maximum Gasteiger partial charge on any atom is 0.172 e. The minimum atomic E-state index is -2.97. The second-order valence-electron chi connectivity index (χ2n) is 3.76. The molecule has 88 valence electrons. The molecule has 2 aromatic rings. The number of benzene rings is 1. The van der Waals surface area contributed by atoms with Crippen molar-refractivity contribution in [3.8, 4) is 0 Å². The van der Waals surface area contributed by atoms with E-state index in [-0.39, 0.29) is 11.0 Å². The summed E-state index contributed by atoms with van der Waals surface area (Å²) < 4.78 is 24.6. The second-order valence-corrected chi connectivity index (χ2v) is 8.21. The van der Waals surface area contributed by atoms with Gasteiger partial charge in [0.05, 0.1) is 16.0 Å². The number of para-hydroxylation sites is 1. The number of aromatic nitrogens is 1. The minimum absolute atomic E-state index is 0.000521. The largest absolute Gasteiger partial charge is 0.230 e. The Hall–Kier alpha value is -0.850. The first kappa shape index (κ1) is 11.3. The normalized spacial score (nSPS) is 22.2. The average molecular weight is 283 g/mol. The Labute approximate surface area is 107 Å². The molecule has 0 radical (unpaired) electrons. The van der Waals surface area contributed by atoms with Crippen LogP contribution in [0.5, 0.6) is 0 Å². The number of fused-ring (bicyclic) bond motifs is 1. The van der Waals surface area contributed by atoms with E-state index in [0.717, 1.165) is 14.6 Å². The molecule has 2 heterocycles. The van der Waals surface area contributed by atoms with Crippen LogP contribution in [0.4, 0.5) is 0 Å². The minimum Gasteiger partial charge on any atom is -0.230 e. The highest BCUT2D eigenvalue weighted by Gasteiger charge is 2.23. The Bertz CT molecular complexity index is 655. The monoisotopic (exact) mass is 283 g/mol. The fourth-order valence-corrected chi connectivity index (χ4v) is 5.80. The van der Waals surface area contributed by atoms with Crippen molar-refractivity contribution in [3.05, 3.63) is 35.7 Å². The van der Waals surface area contributed by atoms with Gasteiger partial charge in [-0.15, -0.1) is 11.3 Å². The van der Waals surface area contributed by atoms with Crippen LogP contribution in [0.2, 0.25) is 0 Å². The van der Waals surface area contributed by atoms with Gasteiger partial charge in [-0.3, -0.25) is 0 Å². The fraction of sp³-hybridized carbons (Fsp3) is 0.182. The van der Waals surface area contributed by atoms with Crippen molar-refractivity contribution in [2.45, 2.75) is 9.59 Å². The summed E-state index contributed by atoms with van der Waals surface area (Å²) in [6.07, 6.45) is 1.74. The van der Waals surface area contributed by atoms with Crippen molar-refractivity contribution in [2.75, 3.05) is 5.75 Å². The Morgan fingerprint density at radius 3 is 2.88 bits per heavy atom. The van der Waals surface area contributed by atoms with Gasteiger partial charge in [-0.25, -0.2) is 13.4 Å². The van der Waals surface area contributed by atoms with Crippen LogP contribution in [-0.2, 0) is 9.84 Å². The van der Waals surface area contributed by atoms with Crippen LogP contribution in [0.15, 0.2) is 40.1 Å². The van der Waals surface area contributed by atoms with Crippen molar-refractivity contribution in [1.82, 2.24) is 4.98 Å². The molecule has 0 aliphatic carbocycles. The predicted molar refractivity (Wildman–Crippen MR) is 72.2 cm³/mol. The molecule has 0 amide bonds. The van der Waals surface area contributed by atoms with Gasteiger partial charge in [-0.05, 0) is 12.1 Å². The van der Waals surface area contributed by atoms with Gasteiger partial charge < -0.3 is 0 Å². The predicted octanol–water partition coefficient (Wildman–Crippen LogP) is 2.70. The number of sulfone groups is 1. The van der Waals surface area contributed by atoms with E-state index in [1.807, 2.05) is 24.3 Å². The molecule has 0 bridgehead atoms. The van der Waals surface area contributed by atoms with Gasteiger partial charge in [0.1, 0.15) is 0 Å². The molecule has 3 rings (SSSR count). The zero-order valence-electron chi connectivity index (χ0n) is 8.74. The average Bonchev–Trinajstić information content (AvgIpc) is 2.81. The van der Waals surface area contributed by atoms with Gasteiger partial charge in [0.25, 0.3) is 0 Å². The zero-order chi connectivity index (χ0) is 11.9. The van der Waals surface area contributed by atoms with E-state index in [2.05, 4.69) is 4.98 Å². The molecule has 1 aromatic carbocycles. The number of nitrogens with zero attached hydrogens (tertiary/aromatic N) is 1. The molecule has 17 heavy (non-hydrogen) atoms. The third-order valence-electron chi connectivity index (χ3n) is 2.42. The molecule has 1 aliphatic heterocycles. The number of thiazole rings is 1. The van der Waals surface area contributed by atoms with E-state index in [0.29, 0.717) is 0 Å². The summed E-state index contributed by atoms with van der Waals surface area (Å²) in [5.41, 5.74) is 0.977. The number of hydrogen-bond acceptors (Lipinski definition) is 5. The summed E-state index contributed by atoms with van der Waals surface area (Å²) in [6.45, 7) is 0. The molecule has 0 saturated carbocycles. The lowest BCUT2D eigenvalue weighted by molar-refractivity contribution is 0.606. The van der Waals surface area contributed by atoms with E-state index in [4.69, 9.17) is 0 Å². The van der Waals surface area contributed by atoms with E-state index in [9.17, 15) is 8.42 Å². The van der Waals surface area contributed by atoms with Gasteiger partial charge in [-0.1, -0.05) is 30.0 Å². The molecule has 0 fully saturated rings. The van der Waals surface area contributed by atoms with E-state index >= 15 is 0 Å². The fourth-order valence-electron chi connectivity index (χ4n) is 1.65. The van der Waals surface area contributed by atoms with Crippen LogP contribution in [0.3, 0.4) is 0 Å². The maximum absolute atomic E-state index is 11.3. The molecule has 6 heteroatoms. The molecule has 0 saturated heterocycles. The SMILES string of the molecule is O=S1(=O)C=C[C@H](Sc2nc3ccccc3s2)C1. The van der Waals surface area contributed by atoms with Crippen molar-refractivity contribution in [2.24, 2.45) is 0 Å². The van der Waals surface area contributed by atoms with Crippen molar-refractivity contribution < 1.29 is 8.42 Å². The van der Waals surface area contributed by atoms with E-state index in [1.165, 1.54) is 17.2 Å². The summed E-state index contributed by atoms with van der Waals surface area (Å²) in [5, 5.41) is 1.30. The number of hydrogen-bond donors (Lipinski definition) is 0. The van der Waals surface area contributed by atoms with Crippen molar-refractivity contribution in [3.63, 3.8) is 0 Å². The molecule has 1 atom stereocenters. The lowest BCUT2D eigenvalue weighted by Crippen LogP contribution is -2.06. The van der Waals surface area contributed by atoms with Crippen LogP contribution in [0, 0.1) is 0 Å². The third-order valence-corrected chi connectivity index (χ3v) is 6.32. The summed E-state index contributed by atoms with van der Waals surface area (Å²) in [7, 11) is -2.97. The van der Waals surface area contributed by atoms with Crippen LogP contribution in [-0.4, -0.2) is 24.4 Å². The molecular weight excluding hydrogens is 274 g/mol. The highest BCUT2D eigenvalue weighted by atomic mass is 32.2. The standard InChI is InChI=1S/C11H9NO2S3/c13-17(14)6-5-8(7-17)15-11-12-9-3-1-2-4-10(9)16-11/h1-6,8H,7H2/t8-/m0/s1. The highest BCUT2D eigenvalue weighted by Crippen LogP contribution is 2.34. The molecule has 0 unspecified atom stereocenters. The van der Waals surface area contributed by atoms with Gasteiger partial charge >= 0.3 is 0 Å². The Morgan fingerprint density at radius 2 is 2.18 bits per heavy atom. The quantitative estimate of drug-likeness (QED) is 0.850. The first-order valence-electron chi connectivity index (χ1n) is 5.06. The van der Waals surface area contributed by atoms with Crippen molar-refractivity contribution >= 4 is 43.2 Å². The van der Waals surface area contributed by atoms with Crippen LogP contribution in [0.1, 0.15) is 0 Å². The van der Waals surface area contributed by atoms with Gasteiger partial charge in [0.15, 0.2) is 14.2 Å². The van der Waals surface area contributed by atoms with Gasteiger partial charge in [-0.2, -0.15) is 0 Å². The molecule has 3 nitrogen and oxygen atoms in total. The Kier molecular flexibility index (Phi) is 2.72. The van der Waals surface area contributed by atoms with Crippen LogP contribution in [0.25, 0.3) is 10.2 Å². The van der Waals surface area contributed by atoms with Crippen LogP contribution < -0.4 is 0 Å². The van der Waals surface area contributed by atoms with Gasteiger partial charge in [0, 0.05) is 10.7 Å². The molecule has 0 spiro atoms. The van der Waals surface area contributed by atoms with E-state index in [1.54, 1.807) is 17.4 Å². The van der Waals surface area contributed by atoms with Crippen LogP contribution >= 0.6 is 23.1 Å². The summed E-state index contributed by atoms with van der Waals surface area (Å²) in [4.78, 5) is 4.48. The summed E-state index contributed by atoms with van der Waals surface area (Å²) in [6, 6.07) is 7.93. The second kappa shape index (κ2) is 4.12. The topological polar surface area (TPSA) is 47.0 Å². The first-order valence-corrected chi connectivity index (χ1v) is 8.47. The lowest BCUT2D eigenvalue weighted by Gasteiger charge is -2.01. The molecule has 0 N–H and O–H groups in total. The van der Waals surface area contributed by atoms with E-state index < -0.39 is 9.84 Å². The third kappa shape index (κ3) is 2.38. The molecule has 1 aliphatic rings. The summed E-state index contributed by atoms with van der Waals surface area (Å²) >= 11 is 3.13. The Balaban J connectivity index is 1.84.